The van der Waals surface area contributed by atoms with Gasteiger partial charge in [-0.15, -0.1) is 0 Å². The molecule has 1 aliphatic carbocycles. The van der Waals surface area contributed by atoms with E-state index in [1.165, 1.54) is 18.2 Å². The molecule has 20 heavy (non-hydrogen) atoms. The Morgan fingerprint density at radius 3 is 2.55 bits per heavy atom. The molecule has 0 aromatic heterocycles. The molecular weight excluding hydrogens is 280 g/mol. The van der Waals surface area contributed by atoms with Crippen molar-refractivity contribution in [2.75, 3.05) is 12.3 Å². The van der Waals surface area contributed by atoms with Crippen LogP contribution in [-0.2, 0) is 9.84 Å². The molecule has 1 aliphatic rings. The van der Waals surface area contributed by atoms with Crippen LogP contribution >= 0.6 is 0 Å². The van der Waals surface area contributed by atoms with E-state index in [0.29, 0.717) is 12.5 Å². The van der Waals surface area contributed by atoms with Crippen molar-refractivity contribution in [3.05, 3.63) is 39.3 Å². The van der Waals surface area contributed by atoms with Crippen LogP contribution in [0.3, 0.4) is 0 Å². The molecule has 0 saturated heterocycles. The van der Waals surface area contributed by atoms with Crippen molar-refractivity contribution in [2.24, 2.45) is 0 Å². The molecule has 1 N–H and O–H groups in total. The Kier molecular flexibility index (Phi) is 6.35. The molecule has 0 aromatic carbocycles. The van der Waals surface area contributed by atoms with Crippen LogP contribution < -0.4 is 5.32 Å². The van der Waals surface area contributed by atoms with Crippen molar-refractivity contribution in [3.8, 4) is 0 Å². The minimum atomic E-state index is -3.32. The van der Waals surface area contributed by atoms with E-state index in [1.54, 1.807) is 0 Å². The fraction of sp³-hybridized carbons (Fsp3) is 0.615. The van der Waals surface area contributed by atoms with Gasteiger partial charge in [-0.3, -0.25) is 10.1 Å². The Morgan fingerprint density at radius 1 is 1.35 bits per heavy atom. The number of rotatable bonds is 8. The molecular formula is C13H21N2O4S. The molecule has 0 bridgehead atoms. The highest BCUT2D eigenvalue weighted by Crippen LogP contribution is 2.23. The first kappa shape index (κ1) is 16.8. The SMILES string of the molecule is CC(C)NCCCCS(=O)(=O)C1=CC[C]([N+](=O)[O-])C=C1. The summed E-state index contributed by atoms with van der Waals surface area (Å²) < 4.78 is 24.1. The summed E-state index contributed by atoms with van der Waals surface area (Å²) in [5.41, 5.74) is 0. The molecule has 0 spiro atoms. The second-order valence-electron chi connectivity index (χ2n) is 5.03. The Hall–Kier alpha value is -1.21. The molecule has 0 aliphatic heterocycles. The van der Waals surface area contributed by atoms with Gasteiger partial charge in [-0.05, 0) is 25.5 Å². The van der Waals surface area contributed by atoms with Gasteiger partial charge in [-0.25, -0.2) is 8.42 Å². The summed E-state index contributed by atoms with van der Waals surface area (Å²) in [4.78, 5) is 10.2. The third kappa shape index (κ3) is 5.42. The minimum Gasteiger partial charge on any atom is -0.315 e. The van der Waals surface area contributed by atoms with Gasteiger partial charge in [0.05, 0.1) is 10.7 Å². The van der Waals surface area contributed by atoms with Gasteiger partial charge in [0.2, 0.25) is 0 Å². The number of nitrogens with zero attached hydrogens (tertiary/aromatic N) is 1. The number of sulfone groups is 1. The van der Waals surface area contributed by atoms with Gasteiger partial charge in [0.15, 0.2) is 9.84 Å². The van der Waals surface area contributed by atoms with Crippen LogP contribution in [0.2, 0.25) is 0 Å². The molecule has 7 heteroatoms. The predicted molar refractivity (Wildman–Crippen MR) is 78.2 cm³/mol. The lowest BCUT2D eigenvalue weighted by Gasteiger charge is -2.11. The molecule has 6 nitrogen and oxygen atoms in total. The highest BCUT2D eigenvalue weighted by atomic mass is 32.2. The number of hydrogen-bond acceptors (Lipinski definition) is 5. The first-order chi connectivity index (χ1) is 9.33. The van der Waals surface area contributed by atoms with Gasteiger partial charge in [-0.2, -0.15) is 0 Å². The largest absolute Gasteiger partial charge is 0.316 e. The fourth-order valence-corrected chi connectivity index (χ4v) is 3.24. The Bertz CT molecular complexity index is 495. The lowest BCUT2D eigenvalue weighted by atomic mass is 10.1. The van der Waals surface area contributed by atoms with Crippen molar-refractivity contribution < 1.29 is 13.3 Å². The number of hydrogen-bond donors (Lipinski definition) is 1. The molecule has 0 heterocycles. The predicted octanol–water partition coefficient (Wildman–Crippen LogP) is 1.83. The summed E-state index contributed by atoms with van der Waals surface area (Å²) in [5.74, 6) is 0.0801. The molecule has 1 radical (unpaired) electrons. The first-order valence-corrected chi connectivity index (χ1v) is 8.33. The lowest BCUT2D eigenvalue weighted by Crippen LogP contribution is -2.24. The molecule has 1 rings (SSSR count). The van der Waals surface area contributed by atoms with E-state index in [9.17, 15) is 18.5 Å². The fourth-order valence-electron chi connectivity index (χ4n) is 1.81. The van der Waals surface area contributed by atoms with E-state index in [1.807, 2.05) is 13.8 Å². The summed E-state index contributed by atoms with van der Waals surface area (Å²) in [7, 11) is -3.32. The van der Waals surface area contributed by atoms with E-state index < -0.39 is 14.8 Å². The summed E-state index contributed by atoms with van der Waals surface area (Å²) in [6, 6.07) is 0.414. The summed E-state index contributed by atoms with van der Waals surface area (Å²) in [6.07, 6.45) is 5.45. The maximum absolute atomic E-state index is 12.0. The lowest BCUT2D eigenvalue weighted by molar-refractivity contribution is -0.457. The van der Waals surface area contributed by atoms with Crippen molar-refractivity contribution in [3.63, 3.8) is 0 Å². The van der Waals surface area contributed by atoms with Crippen LogP contribution in [0, 0.1) is 16.2 Å². The molecule has 0 amide bonds. The Balaban J connectivity index is 2.42. The van der Waals surface area contributed by atoms with E-state index >= 15 is 0 Å². The number of nitro groups is 1. The van der Waals surface area contributed by atoms with E-state index in [0.717, 1.165) is 13.0 Å². The standard InChI is InChI=1S/C13H21N2O4S/c1-11(2)14-9-3-4-10-20(18,19)13-7-5-12(6-8-13)15(16)17/h5,7-8,11,14H,3-4,6,9-10H2,1-2H3. The zero-order chi connectivity index (χ0) is 15.2. The molecule has 113 valence electrons. The van der Waals surface area contributed by atoms with Crippen LogP contribution in [-0.4, -0.2) is 31.7 Å². The topological polar surface area (TPSA) is 89.3 Å². The summed E-state index contributed by atoms with van der Waals surface area (Å²) in [6.45, 7) is 4.87. The van der Waals surface area contributed by atoms with Crippen LogP contribution in [0.15, 0.2) is 23.1 Å². The minimum absolute atomic E-state index is 0.0186. The van der Waals surface area contributed by atoms with Crippen molar-refractivity contribution >= 4 is 9.84 Å². The third-order valence-electron chi connectivity index (χ3n) is 2.94. The summed E-state index contributed by atoms with van der Waals surface area (Å²) in [5, 5.41) is 13.8. The smallest absolute Gasteiger partial charge is 0.315 e. The van der Waals surface area contributed by atoms with Crippen LogP contribution in [0.4, 0.5) is 0 Å². The van der Waals surface area contributed by atoms with Crippen LogP contribution in [0.1, 0.15) is 33.1 Å². The molecule has 0 saturated carbocycles. The molecule has 0 fully saturated rings. The van der Waals surface area contributed by atoms with Gasteiger partial charge in [0.1, 0.15) is 0 Å². The molecule has 0 aromatic rings. The van der Waals surface area contributed by atoms with Crippen molar-refractivity contribution in [1.29, 1.82) is 0 Å². The van der Waals surface area contributed by atoms with Crippen LogP contribution in [0.25, 0.3) is 0 Å². The Labute approximate surface area is 120 Å². The van der Waals surface area contributed by atoms with E-state index in [-0.39, 0.29) is 23.1 Å². The van der Waals surface area contributed by atoms with Crippen LogP contribution in [0.5, 0.6) is 0 Å². The maximum Gasteiger partial charge on any atom is 0.316 e. The summed E-state index contributed by atoms with van der Waals surface area (Å²) >= 11 is 0. The Morgan fingerprint density at radius 2 is 2.05 bits per heavy atom. The van der Waals surface area contributed by atoms with Gasteiger partial charge in [0, 0.05) is 23.5 Å². The molecule has 0 atom stereocenters. The highest BCUT2D eigenvalue weighted by molar-refractivity contribution is 7.95. The average Bonchev–Trinajstić information content (AvgIpc) is 2.38. The van der Waals surface area contributed by atoms with E-state index in [2.05, 4.69) is 5.32 Å². The highest BCUT2D eigenvalue weighted by Gasteiger charge is 2.25. The second kappa shape index (κ2) is 7.54. The number of unbranched alkanes of at least 4 members (excludes halogenated alkanes) is 1. The third-order valence-corrected chi connectivity index (χ3v) is 4.79. The number of allylic oxidation sites excluding steroid dienone is 1. The average molecular weight is 301 g/mol. The number of nitrogens with one attached hydrogen (secondary N) is 1. The van der Waals surface area contributed by atoms with Gasteiger partial charge < -0.3 is 5.32 Å². The second-order valence-corrected chi connectivity index (χ2v) is 7.14. The maximum atomic E-state index is 12.0. The molecule has 0 unspecified atom stereocenters. The first-order valence-electron chi connectivity index (χ1n) is 6.67. The van der Waals surface area contributed by atoms with E-state index in [4.69, 9.17) is 0 Å². The zero-order valence-corrected chi connectivity index (χ0v) is 12.6. The monoisotopic (exact) mass is 301 g/mol. The quantitative estimate of drug-likeness (QED) is 0.420. The van der Waals surface area contributed by atoms with Crippen molar-refractivity contribution in [2.45, 2.75) is 39.2 Å². The normalized spacial score (nSPS) is 16.4. The van der Waals surface area contributed by atoms with Gasteiger partial charge >= 0.3 is 6.04 Å². The zero-order valence-electron chi connectivity index (χ0n) is 11.8. The van der Waals surface area contributed by atoms with Gasteiger partial charge in [0.25, 0.3) is 0 Å². The van der Waals surface area contributed by atoms with Gasteiger partial charge in [-0.1, -0.05) is 19.9 Å². The van der Waals surface area contributed by atoms with Crippen molar-refractivity contribution in [1.82, 2.24) is 5.32 Å².